The highest BCUT2D eigenvalue weighted by Crippen LogP contribution is 2.44. The van der Waals surface area contributed by atoms with Gasteiger partial charge in [-0.2, -0.15) is 13.2 Å². The van der Waals surface area contributed by atoms with Crippen LogP contribution in [0.2, 0.25) is 0 Å². The highest BCUT2D eigenvalue weighted by Gasteiger charge is 2.47. The second kappa shape index (κ2) is 6.14. The van der Waals surface area contributed by atoms with Crippen molar-refractivity contribution in [2.24, 2.45) is 10.8 Å². The Morgan fingerprint density at radius 3 is 2.17 bits per heavy atom. The summed E-state index contributed by atoms with van der Waals surface area (Å²) in [6.07, 6.45) is 0.527. The molecule has 1 saturated carbocycles. The van der Waals surface area contributed by atoms with E-state index in [1.165, 1.54) is 32.3 Å². The predicted molar refractivity (Wildman–Crippen MR) is 89.7 cm³/mol. The SMILES string of the molecule is Cc1ccc(C2CCC(C)(C)CC2)cc1CC(C)(C)C(F)(F)F. The molecule has 0 bridgehead atoms. The third-order valence-corrected chi connectivity index (χ3v) is 5.58. The lowest BCUT2D eigenvalue weighted by Crippen LogP contribution is -2.34. The minimum Gasteiger partial charge on any atom is -0.171 e. The maximum absolute atomic E-state index is 13.2. The van der Waals surface area contributed by atoms with Crippen molar-refractivity contribution in [3.63, 3.8) is 0 Å². The molecule has 0 N–H and O–H groups in total. The van der Waals surface area contributed by atoms with Crippen molar-refractivity contribution in [1.29, 1.82) is 0 Å². The van der Waals surface area contributed by atoms with Crippen molar-refractivity contribution in [2.45, 2.75) is 78.8 Å². The Balaban J connectivity index is 2.20. The van der Waals surface area contributed by atoms with Crippen LogP contribution in [0.4, 0.5) is 13.2 Å². The first-order chi connectivity index (χ1) is 10.4. The smallest absolute Gasteiger partial charge is 0.171 e. The van der Waals surface area contributed by atoms with Crippen LogP contribution in [0.5, 0.6) is 0 Å². The fourth-order valence-electron chi connectivity index (χ4n) is 3.44. The molecule has 1 aromatic carbocycles. The van der Waals surface area contributed by atoms with Gasteiger partial charge in [-0.3, -0.25) is 0 Å². The molecule has 0 aliphatic heterocycles. The van der Waals surface area contributed by atoms with Gasteiger partial charge < -0.3 is 0 Å². The van der Waals surface area contributed by atoms with E-state index in [9.17, 15) is 13.2 Å². The molecule has 0 atom stereocenters. The van der Waals surface area contributed by atoms with Gasteiger partial charge in [0, 0.05) is 0 Å². The zero-order valence-electron chi connectivity index (χ0n) is 15.0. The fourth-order valence-corrected chi connectivity index (χ4v) is 3.44. The van der Waals surface area contributed by atoms with Gasteiger partial charge in [0.05, 0.1) is 5.41 Å². The van der Waals surface area contributed by atoms with E-state index in [4.69, 9.17) is 0 Å². The van der Waals surface area contributed by atoms with Gasteiger partial charge in [-0.05, 0) is 67.1 Å². The molecule has 0 radical (unpaired) electrons. The molecule has 1 aliphatic carbocycles. The summed E-state index contributed by atoms with van der Waals surface area (Å²) >= 11 is 0. The van der Waals surface area contributed by atoms with Crippen LogP contribution < -0.4 is 0 Å². The van der Waals surface area contributed by atoms with Gasteiger partial charge in [-0.25, -0.2) is 0 Å². The lowest BCUT2D eigenvalue weighted by atomic mass is 9.71. The summed E-state index contributed by atoms with van der Waals surface area (Å²) in [6.45, 7) is 9.10. The van der Waals surface area contributed by atoms with E-state index < -0.39 is 11.6 Å². The first-order valence-corrected chi connectivity index (χ1v) is 8.57. The molecular formula is C20H29F3. The lowest BCUT2D eigenvalue weighted by molar-refractivity contribution is -0.211. The molecule has 1 fully saturated rings. The van der Waals surface area contributed by atoms with Crippen molar-refractivity contribution in [3.8, 4) is 0 Å². The summed E-state index contributed by atoms with van der Waals surface area (Å²) in [7, 11) is 0. The Kier molecular flexibility index (Phi) is 4.90. The highest BCUT2D eigenvalue weighted by atomic mass is 19.4. The summed E-state index contributed by atoms with van der Waals surface area (Å²) in [6, 6.07) is 6.14. The Morgan fingerprint density at radius 1 is 1.09 bits per heavy atom. The summed E-state index contributed by atoms with van der Waals surface area (Å²) in [4.78, 5) is 0. The van der Waals surface area contributed by atoms with E-state index in [2.05, 4.69) is 19.9 Å². The van der Waals surface area contributed by atoms with Crippen LogP contribution in [-0.4, -0.2) is 6.18 Å². The topological polar surface area (TPSA) is 0 Å². The van der Waals surface area contributed by atoms with Gasteiger partial charge in [0.1, 0.15) is 0 Å². The van der Waals surface area contributed by atoms with Crippen molar-refractivity contribution in [2.75, 3.05) is 0 Å². The molecule has 0 spiro atoms. The molecule has 0 unspecified atom stereocenters. The van der Waals surface area contributed by atoms with E-state index in [0.717, 1.165) is 24.0 Å². The van der Waals surface area contributed by atoms with Gasteiger partial charge in [0.25, 0.3) is 0 Å². The minimum absolute atomic E-state index is 0.0500. The zero-order valence-corrected chi connectivity index (χ0v) is 15.0. The van der Waals surface area contributed by atoms with Gasteiger partial charge in [-0.1, -0.05) is 45.9 Å². The van der Waals surface area contributed by atoms with Gasteiger partial charge in [-0.15, -0.1) is 0 Å². The van der Waals surface area contributed by atoms with Crippen molar-refractivity contribution in [1.82, 2.24) is 0 Å². The van der Waals surface area contributed by atoms with E-state index in [1.54, 1.807) is 0 Å². The molecule has 1 aliphatic rings. The Hall–Kier alpha value is -0.990. The van der Waals surface area contributed by atoms with E-state index in [1.807, 2.05) is 19.1 Å². The molecule has 0 aromatic heterocycles. The molecule has 1 aromatic rings. The van der Waals surface area contributed by atoms with Crippen molar-refractivity contribution in [3.05, 3.63) is 34.9 Å². The molecule has 130 valence electrons. The van der Waals surface area contributed by atoms with E-state index in [-0.39, 0.29) is 6.42 Å². The highest BCUT2D eigenvalue weighted by molar-refractivity contribution is 5.34. The standard InChI is InChI=1S/C20H29F3/c1-14-6-7-16(15-8-10-18(2,3)11-9-15)12-17(14)13-19(4,5)20(21,22)23/h6-7,12,15H,8-11,13H2,1-5H3. The van der Waals surface area contributed by atoms with E-state index >= 15 is 0 Å². The maximum atomic E-state index is 13.2. The van der Waals surface area contributed by atoms with Crippen LogP contribution in [-0.2, 0) is 6.42 Å². The average molecular weight is 326 g/mol. The van der Waals surface area contributed by atoms with E-state index in [0.29, 0.717) is 11.3 Å². The fraction of sp³-hybridized carbons (Fsp3) is 0.700. The molecule has 2 rings (SSSR count). The average Bonchev–Trinajstić information content (AvgIpc) is 2.40. The monoisotopic (exact) mass is 326 g/mol. The number of benzene rings is 1. The summed E-state index contributed by atoms with van der Waals surface area (Å²) in [5.74, 6) is 0.497. The molecule has 0 saturated heterocycles. The number of halogens is 3. The Bertz CT molecular complexity index is 542. The van der Waals surface area contributed by atoms with Crippen LogP contribution in [0, 0.1) is 17.8 Å². The Morgan fingerprint density at radius 2 is 1.65 bits per heavy atom. The van der Waals surface area contributed by atoms with Crippen LogP contribution in [0.3, 0.4) is 0 Å². The summed E-state index contributed by atoms with van der Waals surface area (Å²) in [5.41, 5.74) is 1.74. The third-order valence-electron chi connectivity index (χ3n) is 5.58. The largest absolute Gasteiger partial charge is 0.394 e. The zero-order chi connectivity index (χ0) is 17.5. The molecule has 0 heterocycles. The first kappa shape index (κ1) is 18.4. The predicted octanol–water partition coefficient (Wildman–Crippen LogP) is 6.81. The minimum atomic E-state index is -4.18. The Labute approximate surface area is 138 Å². The number of hydrogen-bond donors (Lipinski definition) is 0. The van der Waals surface area contributed by atoms with Crippen molar-refractivity contribution >= 4 is 0 Å². The number of rotatable bonds is 3. The van der Waals surface area contributed by atoms with Crippen LogP contribution >= 0.6 is 0 Å². The summed E-state index contributed by atoms with van der Waals surface area (Å²) in [5, 5.41) is 0. The van der Waals surface area contributed by atoms with Gasteiger partial charge >= 0.3 is 6.18 Å². The van der Waals surface area contributed by atoms with Gasteiger partial charge in [0.15, 0.2) is 0 Å². The molecule has 0 nitrogen and oxygen atoms in total. The number of alkyl halides is 3. The normalized spacial score (nSPS) is 19.8. The first-order valence-electron chi connectivity index (χ1n) is 8.57. The van der Waals surface area contributed by atoms with Crippen LogP contribution in [0.1, 0.15) is 76.0 Å². The summed E-state index contributed by atoms with van der Waals surface area (Å²) < 4.78 is 39.6. The molecule has 3 heteroatoms. The van der Waals surface area contributed by atoms with Gasteiger partial charge in [0.2, 0.25) is 0 Å². The molecular weight excluding hydrogens is 297 g/mol. The van der Waals surface area contributed by atoms with Crippen molar-refractivity contribution < 1.29 is 13.2 Å². The second-order valence-electron chi connectivity index (χ2n) is 8.68. The second-order valence-corrected chi connectivity index (χ2v) is 8.68. The molecule has 0 amide bonds. The lowest BCUT2D eigenvalue weighted by Gasteiger charge is -2.35. The van der Waals surface area contributed by atoms with Crippen LogP contribution in [0.15, 0.2) is 18.2 Å². The van der Waals surface area contributed by atoms with Crippen LogP contribution in [0.25, 0.3) is 0 Å². The number of hydrogen-bond acceptors (Lipinski definition) is 0. The maximum Gasteiger partial charge on any atom is 0.394 e. The third kappa shape index (κ3) is 4.30. The number of aryl methyl sites for hydroxylation is 1. The quantitative estimate of drug-likeness (QED) is 0.572. The molecule has 23 heavy (non-hydrogen) atoms.